The lowest BCUT2D eigenvalue weighted by molar-refractivity contribution is -0.274. The molecule has 9 heteroatoms. The van der Waals surface area contributed by atoms with E-state index < -0.39 is 12.4 Å². The molecule has 0 saturated heterocycles. The number of nitrogens with zero attached hydrogens (tertiary/aromatic N) is 1. The van der Waals surface area contributed by atoms with Gasteiger partial charge in [-0.2, -0.15) is 0 Å². The summed E-state index contributed by atoms with van der Waals surface area (Å²) in [5, 5.41) is 6.01. The number of alkyl halides is 3. The fourth-order valence-corrected chi connectivity index (χ4v) is 3.96. The van der Waals surface area contributed by atoms with Crippen LogP contribution in [0.2, 0.25) is 0 Å². The number of Topliss-reactive ketones (excluding diaryl/α,β-unsaturated/α-hetero) is 1. The maximum absolute atomic E-state index is 13.0. The first-order valence-electron chi connectivity index (χ1n) is 10.3. The molecule has 0 fully saturated rings. The first-order valence-corrected chi connectivity index (χ1v) is 10.3. The molecule has 1 aliphatic heterocycles. The summed E-state index contributed by atoms with van der Waals surface area (Å²) in [6.07, 6.45) is -0.642. The number of hydrogen-bond donors (Lipinski definition) is 2. The molecular weight excluding hydrogens is 435 g/mol. The van der Waals surface area contributed by atoms with E-state index >= 15 is 0 Å². The van der Waals surface area contributed by atoms with Gasteiger partial charge in [-0.05, 0) is 42.3 Å². The topological polar surface area (TPSA) is 72.4 Å². The molecule has 4 rings (SSSR count). The van der Waals surface area contributed by atoms with E-state index in [1.165, 1.54) is 31.2 Å². The van der Waals surface area contributed by atoms with Gasteiger partial charge in [-0.1, -0.05) is 25.1 Å². The molecule has 0 spiro atoms. The van der Waals surface area contributed by atoms with Crippen LogP contribution in [0.5, 0.6) is 5.75 Å². The highest BCUT2D eigenvalue weighted by Gasteiger charge is 2.34. The van der Waals surface area contributed by atoms with Gasteiger partial charge < -0.3 is 19.9 Å². The minimum absolute atomic E-state index is 0.00265. The van der Waals surface area contributed by atoms with E-state index in [-0.39, 0.29) is 23.4 Å². The highest BCUT2D eigenvalue weighted by Crippen LogP contribution is 2.35. The highest BCUT2D eigenvalue weighted by atomic mass is 19.4. The quantitative estimate of drug-likeness (QED) is 0.563. The van der Waals surface area contributed by atoms with Crippen molar-refractivity contribution in [3.05, 3.63) is 72.1 Å². The largest absolute Gasteiger partial charge is 0.573 e. The molecule has 1 aliphatic rings. The molecule has 1 amide bonds. The number of hydrogen-bond acceptors (Lipinski definition) is 4. The number of ketones is 1. The standard InChI is InChI=1S/C24H22F3N3O3/c1-14-20-12-30(18-5-3-4-17(11-18)28-15(2)31)13-22(20)29-21(23(14)32)10-16-6-8-19(9-7-16)33-24(25,26)27/h3-9,11-14,21,29H,10H2,1-2H3,(H,28,31). The molecule has 6 nitrogen and oxygen atoms in total. The van der Waals surface area contributed by atoms with E-state index in [0.29, 0.717) is 17.7 Å². The second kappa shape index (κ2) is 8.65. The summed E-state index contributed by atoms with van der Waals surface area (Å²) in [4.78, 5) is 24.3. The van der Waals surface area contributed by atoms with Crippen LogP contribution >= 0.6 is 0 Å². The summed E-state index contributed by atoms with van der Waals surface area (Å²) in [5.41, 5.74) is 3.88. The predicted octanol–water partition coefficient (Wildman–Crippen LogP) is 5.04. The Morgan fingerprint density at radius 1 is 1.15 bits per heavy atom. The van der Waals surface area contributed by atoms with Crippen molar-refractivity contribution in [2.45, 2.75) is 38.6 Å². The van der Waals surface area contributed by atoms with Gasteiger partial charge in [0.15, 0.2) is 5.78 Å². The fraction of sp³-hybridized carbons (Fsp3) is 0.250. The van der Waals surface area contributed by atoms with Crippen molar-refractivity contribution in [2.75, 3.05) is 10.6 Å². The SMILES string of the molecule is CC(=O)Nc1cccc(-n2cc3c(c2)C(C)C(=O)C(Cc2ccc(OC(F)(F)F)cc2)N3)c1. The first kappa shape index (κ1) is 22.4. The third-order valence-electron chi connectivity index (χ3n) is 5.49. The summed E-state index contributed by atoms with van der Waals surface area (Å²) in [6, 6.07) is 12.4. The minimum Gasteiger partial charge on any atom is -0.406 e. The van der Waals surface area contributed by atoms with Crippen LogP contribution in [-0.4, -0.2) is 28.7 Å². The zero-order valence-electron chi connectivity index (χ0n) is 17.9. The molecule has 2 aromatic carbocycles. The van der Waals surface area contributed by atoms with E-state index in [1.54, 1.807) is 6.07 Å². The van der Waals surface area contributed by atoms with Crippen molar-refractivity contribution < 1.29 is 27.5 Å². The van der Waals surface area contributed by atoms with Gasteiger partial charge in [0.05, 0.1) is 11.7 Å². The van der Waals surface area contributed by atoms with E-state index in [9.17, 15) is 22.8 Å². The third-order valence-corrected chi connectivity index (χ3v) is 5.49. The summed E-state index contributed by atoms with van der Waals surface area (Å²) in [7, 11) is 0. The lowest BCUT2D eigenvalue weighted by Gasteiger charge is -2.28. The normalized spacial score (nSPS) is 17.8. The average molecular weight is 457 g/mol. The van der Waals surface area contributed by atoms with Gasteiger partial charge in [0.1, 0.15) is 5.75 Å². The second-order valence-electron chi connectivity index (χ2n) is 7.98. The zero-order chi connectivity index (χ0) is 23.8. The number of aromatic nitrogens is 1. The first-order chi connectivity index (χ1) is 15.6. The van der Waals surface area contributed by atoms with E-state index in [0.717, 1.165) is 16.9 Å². The number of nitrogens with one attached hydrogen (secondary N) is 2. The second-order valence-corrected chi connectivity index (χ2v) is 7.98. The number of benzene rings is 2. The number of ether oxygens (including phenoxy) is 1. The predicted molar refractivity (Wildman–Crippen MR) is 118 cm³/mol. The van der Waals surface area contributed by atoms with Crippen molar-refractivity contribution in [3.8, 4) is 11.4 Å². The Morgan fingerprint density at radius 2 is 1.88 bits per heavy atom. The van der Waals surface area contributed by atoms with Crippen molar-refractivity contribution in [2.24, 2.45) is 0 Å². The van der Waals surface area contributed by atoms with Gasteiger partial charge >= 0.3 is 6.36 Å². The maximum atomic E-state index is 13.0. The molecule has 2 N–H and O–H groups in total. The Morgan fingerprint density at radius 3 is 2.55 bits per heavy atom. The van der Waals surface area contributed by atoms with Gasteiger partial charge in [0.25, 0.3) is 0 Å². The Hall–Kier alpha value is -3.75. The molecular formula is C24H22F3N3O3. The number of fused-ring (bicyclic) bond motifs is 1. The van der Waals surface area contributed by atoms with Crippen LogP contribution in [0.1, 0.15) is 30.9 Å². The Bertz CT molecular complexity index is 1190. The zero-order valence-corrected chi connectivity index (χ0v) is 17.9. The summed E-state index contributed by atoms with van der Waals surface area (Å²) in [6.45, 7) is 3.28. The number of amides is 1. The molecule has 0 bridgehead atoms. The minimum atomic E-state index is -4.75. The number of carbonyl (C=O) groups excluding carboxylic acids is 2. The highest BCUT2D eigenvalue weighted by molar-refractivity contribution is 5.96. The molecule has 2 atom stereocenters. The lowest BCUT2D eigenvalue weighted by Crippen LogP contribution is -2.38. The molecule has 3 aromatic rings. The van der Waals surface area contributed by atoms with Crippen LogP contribution in [0.3, 0.4) is 0 Å². The average Bonchev–Trinajstić information content (AvgIpc) is 3.16. The van der Waals surface area contributed by atoms with Gasteiger partial charge in [-0.15, -0.1) is 13.2 Å². The van der Waals surface area contributed by atoms with Gasteiger partial charge in [-0.3, -0.25) is 9.59 Å². The molecule has 33 heavy (non-hydrogen) atoms. The smallest absolute Gasteiger partial charge is 0.406 e. The van der Waals surface area contributed by atoms with Crippen molar-refractivity contribution in [3.63, 3.8) is 0 Å². The van der Waals surface area contributed by atoms with Gasteiger partial charge in [0, 0.05) is 42.2 Å². The molecule has 2 heterocycles. The van der Waals surface area contributed by atoms with Crippen molar-refractivity contribution in [1.82, 2.24) is 4.57 Å². The summed E-state index contributed by atoms with van der Waals surface area (Å²) in [5.74, 6) is -0.814. The molecule has 1 aromatic heterocycles. The molecule has 0 radical (unpaired) electrons. The van der Waals surface area contributed by atoms with E-state index in [1.807, 2.05) is 42.1 Å². The van der Waals surface area contributed by atoms with Gasteiger partial charge in [0.2, 0.25) is 5.91 Å². The Labute approximate surface area is 188 Å². The molecule has 0 aliphatic carbocycles. The Kier molecular flexibility index (Phi) is 5.88. The van der Waals surface area contributed by atoms with Crippen LogP contribution in [-0.2, 0) is 16.0 Å². The number of carbonyl (C=O) groups is 2. The van der Waals surface area contributed by atoms with Crippen molar-refractivity contribution in [1.29, 1.82) is 0 Å². The monoisotopic (exact) mass is 457 g/mol. The molecule has 2 unspecified atom stereocenters. The fourth-order valence-electron chi connectivity index (χ4n) is 3.96. The van der Waals surface area contributed by atoms with Crippen molar-refractivity contribution >= 4 is 23.1 Å². The van der Waals surface area contributed by atoms with Gasteiger partial charge in [-0.25, -0.2) is 0 Å². The number of rotatable bonds is 5. The lowest BCUT2D eigenvalue weighted by atomic mass is 9.87. The summed E-state index contributed by atoms with van der Waals surface area (Å²) < 4.78 is 42.8. The van der Waals surface area contributed by atoms with Crippen LogP contribution in [0.25, 0.3) is 5.69 Å². The van der Waals surface area contributed by atoms with Crippen LogP contribution in [0.4, 0.5) is 24.5 Å². The maximum Gasteiger partial charge on any atom is 0.573 e. The summed E-state index contributed by atoms with van der Waals surface area (Å²) >= 11 is 0. The van der Waals surface area contributed by atoms with E-state index in [4.69, 9.17) is 0 Å². The van der Waals surface area contributed by atoms with Crippen LogP contribution in [0, 0.1) is 0 Å². The van der Waals surface area contributed by atoms with Crippen LogP contribution in [0.15, 0.2) is 60.9 Å². The van der Waals surface area contributed by atoms with Crippen LogP contribution < -0.4 is 15.4 Å². The third kappa shape index (κ3) is 5.19. The Balaban J connectivity index is 1.52. The molecule has 172 valence electrons. The molecule has 0 saturated carbocycles. The number of anilines is 2. The van der Waals surface area contributed by atoms with E-state index in [2.05, 4.69) is 15.4 Å². The number of halogens is 3.